The summed E-state index contributed by atoms with van der Waals surface area (Å²) in [4.78, 5) is 48.2. The Balaban J connectivity index is 2.59. The molecule has 0 aromatic heterocycles. The molecule has 0 aliphatic heterocycles. The summed E-state index contributed by atoms with van der Waals surface area (Å²) in [6, 6.07) is 6.84. The van der Waals surface area contributed by atoms with E-state index >= 15 is 0 Å². The van der Waals surface area contributed by atoms with Crippen molar-refractivity contribution in [2.75, 3.05) is 0 Å². The van der Waals surface area contributed by atoms with E-state index in [9.17, 15) is 19.2 Å². The average Bonchev–Trinajstić information content (AvgIpc) is 2.69. The minimum absolute atomic E-state index is 0.0842. The van der Waals surface area contributed by atoms with Crippen LogP contribution in [-0.2, 0) is 25.7 Å². The molecule has 3 amide bonds. The molecule has 1 aromatic rings. The van der Waals surface area contributed by atoms with Gasteiger partial charge in [0.15, 0.2) is 0 Å². The molecule has 0 bridgehead atoms. The lowest BCUT2D eigenvalue weighted by Gasteiger charge is -2.24. The van der Waals surface area contributed by atoms with Crippen molar-refractivity contribution in [2.45, 2.75) is 65.8 Å². The van der Waals surface area contributed by atoms with Crippen molar-refractivity contribution in [1.29, 1.82) is 0 Å². The van der Waals surface area contributed by atoms with E-state index in [2.05, 4.69) is 16.0 Å². The summed E-state index contributed by atoms with van der Waals surface area (Å²) in [6.45, 7) is 9.05. The Hall–Kier alpha value is -2.90. The van der Waals surface area contributed by atoms with Crippen LogP contribution in [-0.4, -0.2) is 42.3 Å². The number of rotatable bonds is 11. The summed E-state index contributed by atoms with van der Waals surface area (Å²) in [5, 5.41) is 7.75. The second-order valence-electron chi connectivity index (χ2n) is 8.04. The molecule has 1 rings (SSSR count). The van der Waals surface area contributed by atoms with Crippen LogP contribution in [0.25, 0.3) is 0 Å². The van der Waals surface area contributed by atoms with Gasteiger partial charge in [-0.3, -0.25) is 9.59 Å². The lowest BCUT2D eigenvalue weighted by atomic mass is 10.0. The Morgan fingerprint density at radius 3 is 2.10 bits per heavy atom. The van der Waals surface area contributed by atoms with Crippen LogP contribution < -0.4 is 16.0 Å². The number of alkyl carbamates (subject to hydrolysis) is 1. The molecule has 0 spiro atoms. The van der Waals surface area contributed by atoms with E-state index in [-0.39, 0.29) is 18.4 Å². The normalized spacial score (nSPS) is 13.8. The molecule has 0 radical (unpaired) electrons. The van der Waals surface area contributed by atoms with E-state index in [0.717, 1.165) is 5.56 Å². The molecule has 1 aromatic carbocycles. The zero-order valence-corrected chi connectivity index (χ0v) is 18.3. The van der Waals surface area contributed by atoms with E-state index in [1.165, 1.54) is 6.92 Å². The largest absolute Gasteiger partial charge is 0.445 e. The van der Waals surface area contributed by atoms with Gasteiger partial charge in [0.2, 0.25) is 11.8 Å². The third-order valence-corrected chi connectivity index (χ3v) is 4.40. The molecule has 0 heterocycles. The first-order valence-electron chi connectivity index (χ1n) is 10.2. The van der Waals surface area contributed by atoms with Crippen molar-refractivity contribution in [1.82, 2.24) is 16.0 Å². The standard InChI is InChI=1S/C22H33N3O5/c1-14(2)11-18(12-26)24-20(27)16(5)23-21(28)19(15(3)4)25-22(29)30-13-17-9-7-6-8-10-17/h6-10,12,14-16,18-19H,11,13H2,1-5H3,(H,23,28)(H,24,27)(H,25,29)/t16-,18-,19-/m0/s1. The molecular weight excluding hydrogens is 386 g/mol. The SMILES string of the molecule is CC(C)C[C@@H](C=O)NC(=O)[C@H](C)NC(=O)[C@@H](NC(=O)OCc1ccccc1)C(C)C. The van der Waals surface area contributed by atoms with Crippen LogP contribution in [0.4, 0.5) is 4.79 Å². The van der Waals surface area contributed by atoms with Crippen LogP contribution in [0.15, 0.2) is 30.3 Å². The van der Waals surface area contributed by atoms with Crippen LogP contribution in [0.5, 0.6) is 0 Å². The molecule has 0 saturated heterocycles. The zero-order chi connectivity index (χ0) is 22.7. The lowest BCUT2D eigenvalue weighted by Crippen LogP contribution is -2.55. The van der Waals surface area contributed by atoms with Crippen LogP contribution in [0.3, 0.4) is 0 Å². The van der Waals surface area contributed by atoms with Gasteiger partial charge < -0.3 is 25.5 Å². The number of hydrogen-bond donors (Lipinski definition) is 3. The molecule has 0 aliphatic rings. The molecule has 8 heteroatoms. The van der Waals surface area contributed by atoms with Crippen molar-refractivity contribution in [3.05, 3.63) is 35.9 Å². The van der Waals surface area contributed by atoms with E-state index in [0.29, 0.717) is 12.7 Å². The van der Waals surface area contributed by atoms with Crippen molar-refractivity contribution in [3.63, 3.8) is 0 Å². The smallest absolute Gasteiger partial charge is 0.408 e. The predicted molar refractivity (Wildman–Crippen MR) is 113 cm³/mol. The summed E-state index contributed by atoms with van der Waals surface area (Å²) in [5.74, 6) is -0.957. The fourth-order valence-corrected chi connectivity index (χ4v) is 2.76. The maximum atomic E-state index is 12.6. The molecular formula is C22H33N3O5. The topological polar surface area (TPSA) is 114 Å². The van der Waals surface area contributed by atoms with Gasteiger partial charge in [-0.15, -0.1) is 0 Å². The van der Waals surface area contributed by atoms with Crippen LogP contribution >= 0.6 is 0 Å². The van der Waals surface area contributed by atoms with Gasteiger partial charge in [-0.05, 0) is 30.7 Å². The van der Waals surface area contributed by atoms with Crippen molar-refractivity contribution in [2.24, 2.45) is 11.8 Å². The van der Waals surface area contributed by atoms with Crippen molar-refractivity contribution < 1.29 is 23.9 Å². The second kappa shape index (κ2) is 12.6. The maximum Gasteiger partial charge on any atom is 0.408 e. The average molecular weight is 420 g/mol. The van der Waals surface area contributed by atoms with Gasteiger partial charge in [0.05, 0.1) is 6.04 Å². The van der Waals surface area contributed by atoms with E-state index in [1.807, 2.05) is 44.2 Å². The molecule has 0 unspecified atom stereocenters. The Kier molecular flexibility index (Phi) is 10.6. The molecule has 0 fully saturated rings. The molecule has 166 valence electrons. The highest BCUT2D eigenvalue weighted by Crippen LogP contribution is 2.06. The third-order valence-electron chi connectivity index (χ3n) is 4.40. The molecule has 30 heavy (non-hydrogen) atoms. The van der Waals surface area contributed by atoms with Gasteiger partial charge in [0.1, 0.15) is 25.0 Å². The summed E-state index contributed by atoms with van der Waals surface area (Å²) in [5.41, 5.74) is 0.828. The number of ether oxygens (including phenoxy) is 1. The van der Waals surface area contributed by atoms with Crippen molar-refractivity contribution in [3.8, 4) is 0 Å². The van der Waals surface area contributed by atoms with Crippen LogP contribution in [0, 0.1) is 11.8 Å². The highest BCUT2D eigenvalue weighted by atomic mass is 16.5. The quantitative estimate of drug-likeness (QED) is 0.476. The monoisotopic (exact) mass is 419 g/mol. The first kappa shape index (κ1) is 25.1. The molecule has 3 N–H and O–H groups in total. The number of carbonyl (C=O) groups excluding carboxylic acids is 4. The van der Waals surface area contributed by atoms with Crippen LogP contribution in [0.1, 0.15) is 46.6 Å². The van der Waals surface area contributed by atoms with Crippen molar-refractivity contribution >= 4 is 24.2 Å². The number of carbonyl (C=O) groups is 4. The van der Waals surface area contributed by atoms with Gasteiger partial charge in [0, 0.05) is 0 Å². The second-order valence-corrected chi connectivity index (χ2v) is 8.04. The lowest BCUT2D eigenvalue weighted by molar-refractivity contribution is -0.131. The minimum Gasteiger partial charge on any atom is -0.445 e. The van der Waals surface area contributed by atoms with E-state index < -0.39 is 36.0 Å². The van der Waals surface area contributed by atoms with Gasteiger partial charge in [0.25, 0.3) is 0 Å². The van der Waals surface area contributed by atoms with Gasteiger partial charge in [-0.1, -0.05) is 58.0 Å². The van der Waals surface area contributed by atoms with E-state index in [4.69, 9.17) is 4.74 Å². The first-order valence-corrected chi connectivity index (χ1v) is 10.2. The van der Waals surface area contributed by atoms with Crippen LogP contribution in [0.2, 0.25) is 0 Å². The molecule has 3 atom stereocenters. The summed E-state index contributed by atoms with van der Waals surface area (Å²) < 4.78 is 5.17. The highest BCUT2D eigenvalue weighted by molar-refractivity contribution is 5.92. The van der Waals surface area contributed by atoms with Gasteiger partial charge >= 0.3 is 6.09 Å². The van der Waals surface area contributed by atoms with Gasteiger partial charge in [-0.2, -0.15) is 0 Å². The Bertz CT molecular complexity index is 706. The molecule has 0 aliphatic carbocycles. The fourth-order valence-electron chi connectivity index (χ4n) is 2.76. The summed E-state index contributed by atoms with van der Waals surface area (Å²) >= 11 is 0. The summed E-state index contributed by atoms with van der Waals surface area (Å²) in [7, 11) is 0. The third kappa shape index (κ3) is 9.07. The minimum atomic E-state index is -0.874. The molecule has 0 saturated carbocycles. The maximum absolute atomic E-state index is 12.6. The van der Waals surface area contributed by atoms with E-state index in [1.54, 1.807) is 13.8 Å². The highest BCUT2D eigenvalue weighted by Gasteiger charge is 2.28. The zero-order valence-electron chi connectivity index (χ0n) is 18.3. The summed E-state index contributed by atoms with van der Waals surface area (Å²) in [6.07, 6.45) is 0.482. The number of benzene rings is 1. The fraction of sp³-hybridized carbons (Fsp3) is 0.545. The molecule has 8 nitrogen and oxygen atoms in total. The Morgan fingerprint density at radius 2 is 1.57 bits per heavy atom. The Morgan fingerprint density at radius 1 is 0.933 bits per heavy atom. The number of amides is 3. The number of hydrogen-bond acceptors (Lipinski definition) is 5. The van der Waals surface area contributed by atoms with Gasteiger partial charge in [-0.25, -0.2) is 4.79 Å². The first-order chi connectivity index (χ1) is 14.1. The Labute approximate surface area is 178 Å². The predicted octanol–water partition coefficient (Wildman–Crippen LogP) is 2.17. The number of aldehydes is 1. The number of nitrogens with one attached hydrogen (secondary N) is 3.